The standard InChI is InChI=1S/C32H29F2NO2/c1-32(2,3)37-31(36)30(35-29(24-10-6-4-7-11-24)25-12-8-5-9-13-25)28(22-14-18-26(33)19-15-22)23-16-20-27(34)21-17-23/h4-21,28,30H,1-3H3/t30-/m0/s1. The smallest absolute Gasteiger partial charge is 0.332 e. The first-order valence-electron chi connectivity index (χ1n) is 12.1. The van der Waals surface area contributed by atoms with E-state index in [-0.39, 0.29) is 0 Å². The molecule has 0 saturated heterocycles. The number of benzene rings is 4. The van der Waals surface area contributed by atoms with Crippen molar-refractivity contribution < 1.29 is 18.3 Å². The fourth-order valence-corrected chi connectivity index (χ4v) is 4.17. The van der Waals surface area contributed by atoms with E-state index in [1.54, 1.807) is 45.0 Å². The summed E-state index contributed by atoms with van der Waals surface area (Å²) in [6, 6.07) is 30.0. The average molecular weight is 498 g/mol. The fraction of sp³-hybridized carbons (Fsp3) is 0.188. The maximum Gasteiger partial charge on any atom is 0.332 e. The zero-order valence-electron chi connectivity index (χ0n) is 21.1. The van der Waals surface area contributed by atoms with Gasteiger partial charge in [0.15, 0.2) is 6.04 Å². The molecule has 0 aromatic heterocycles. The summed E-state index contributed by atoms with van der Waals surface area (Å²) in [7, 11) is 0. The van der Waals surface area contributed by atoms with E-state index in [2.05, 4.69) is 0 Å². The van der Waals surface area contributed by atoms with Gasteiger partial charge in [-0.1, -0.05) is 84.9 Å². The molecule has 4 aromatic rings. The lowest BCUT2D eigenvalue weighted by atomic mass is 9.84. The largest absolute Gasteiger partial charge is 0.458 e. The second kappa shape index (κ2) is 11.3. The van der Waals surface area contributed by atoms with Crippen molar-refractivity contribution >= 4 is 11.7 Å². The molecule has 3 nitrogen and oxygen atoms in total. The van der Waals surface area contributed by atoms with Gasteiger partial charge < -0.3 is 4.74 Å². The van der Waals surface area contributed by atoms with Crippen molar-refractivity contribution in [2.75, 3.05) is 0 Å². The normalized spacial score (nSPS) is 12.2. The summed E-state index contributed by atoms with van der Waals surface area (Å²) in [5.74, 6) is -1.98. The van der Waals surface area contributed by atoms with E-state index < -0.39 is 35.2 Å². The molecule has 0 spiro atoms. The first-order valence-corrected chi connectivity index (χ1v) is 12.1. The maximum atomic E-state index is 13.9. The van der Waals surface area contributed by atoms with Gasteiger partial charge in [-0.05, 0) is 56.2 Å². The third kappa shape index (κ3) is 6.76. The van der Waals surface area contributed by atoms with Crippen LogP contribution in [0.5, 0.6) is 0 Å². The molecule has 4 rings (SSSR count). The average Bonchev–Trinajstić information content (AvgIpc) is 2.88. The van der Waals surface area contributed by atoms with Crippen molar-refractivity contribution in [2.24, 2.45) is 4.99 Å². The van der Waals surface area contributed by atoms with Crippen LogP contribution in [-0.4, -0.2) is 23.3 Å². The van der Waals surface area contributed by atoms with Gasteiger partial charge in [0.1, 0.15) is 17.2 Å². The number of carbonyl (C=O) groups excluding carboxylic acids is 1. The van der Waals surface area contributed by atoms with Crippen molar-refractivity contribution in [1.82, 2.24) is 0 Å². The van der Waals surface area contributed by atoms with Crippen LogP contribution in [0, 0.1) is 11.6 Å². The Kier molecular flexibility index (Phi) is 7.92. The molecule has 0 amide bonds. The van der Waals surface area contributed by atoms with E-state index >= 15 is 0 Å². The Morgan fingerprint density at radius 3 is 1.46 bits per heavy atom. The molecule has 0 bridgehead atoms. The van der Waals surface area contributed by atoms with Crippen molar-refractivity contribution in [3.05, 3.63) is 143 Å². The van der Waals surface area contributed by atoms with Gasteiger partial charge >= 0.3 is 5.97 Å². The zero-order chi connectivity index (χ0) is 26.4. The lowest BCUT2D eigenvalue weighted by Gasteiger charge is -2.28. The molecule has 188 valence electrons. The number of esters is 1. The van der Waals surface area contributed by atoms with Crippen LogP contribution in [0.4, 0.5) is 8.78 Å². The van der Waals surface area contributed by atoms with Gasteiger partial charge in [0, 0.05) is 17.0 Å². The van der Waals surface area contributed by atoms with Crippen LogP contribution >= 0.6 is 0 Å². The van der Waals surface area contributed by atoms with E-state index in [1.165, 1.54) is 24.3 Å². The van der Waals surface area contributed by atoms with Crippen LogP contribution in [0.2, 0.25) is 0 Å². The molecule has 0 radical (unpaired) electrons. The number of nitrogens with zero attached hydrogens (tertiary/aromatic N) is 1. The number of ether oxygens (including phenoxy) is 1. The minimum Gasteiger partial charge on any atom is -0.458 e. The quantitative estimate of drug-likeness (QED) is 0.198. The third-order valence-electron chi connectivity index (χ3n) is 5.78. The van der Waals surface area contributed by atoms with Crippen molar-refractivity contribution in [2.45, 2.75) is 38.3 Å². The lowest BCUT2D eigenvalue weighted by molar-refractivity contribution is -0.156. The second-order valence-corrected chi connectivity index (χ2v) is 9.77. The molecule has 4 aromatic carbocycles. The summed E-state index contributed by atoms with van der Waals surface area (Å²) in [6.45, 7) is 5.39. The van der Waals surface area contributed by atoms with Crippen molar-refractivity contribution in [3.8, 4) is 0 Å². The van der Waals surface area contributed by atoms with Crippen LogP contribution in [-0.2, 0) is 9.53 Å². The minimum absolute atomic E-state index is 0.395. The summed E-state index contributed by atoms with van der Waals surface area (Å²) in [5.41, 5.74) is 2.84. The maximum absolute atomic E-state index is 13.9. The summed E-state index contributed by atoms with van der Waals surface area (Å²) in [5, 5.41) is 0. The molecule has 5 heteroatoms. The topological polar surface area (TPSA) is 38.7 Å². The lowest BCUT2D eigenvalue weighted by Crippen LogP contribution is -2.36. The number of hydrogen-bond acceptors (Lipinski definition) is 3. The summed E-state index contributed by atoms with van der Waals surface area (Å²) in [6.07, 6.45) is 0. The van der Waals surface area contributed by atoms with Crippen LogP contribution < -0.4 is 0 Å². The highest BCUT2D eigenvalue weighted by molar-refractivity contribution is 6.13. The SMILES string of the molecule is CC(C)(C)OC(=O)[C@@H](N=C(c1ccccc1)c1ccccc1)C(c1ccc(F)cc1)c1ccc(F)cc1. The Bertz CT molecular complexity index is 1260. The Balaban J connectivity index is 1.96. The molecule has 0 fully saturated rings. The molecule has 0 aliphatic heterocycles. The van der Waals surface area contributed by atoms with Crippen LogP contribution in [0.25, 0.3) is 0 Å². The molecular formula is C32H29F2NO2. The predicted octanol–water partition coefficient (Wildman–Crippen LogP) is 7.34. The first kappa shape index (κ1) is 26.0. The van der Waals surface area contributed by atoms with Gasteiger partial charge in [0.05, 0.1) is 5.71 Å². The van der Waals surface area contributed by atoms with Crippen molar-refractivity contribution in [1.29, 1.82) is 0 Å². The highest BCUT2D eigenvalue weighted by Gasteiger charge is 2.35. The molecule has 37 heavy (non-hydrogen) atoms. The highest BCUT2D eigenvalue weighted by atomic mass is 19.1. The molecule has 0 saturated carbocycles. The van der Waals surface area contributed by atoms with Gasteiger partial charge in [0.2, 0.25) is 0 Å². The van der Waals surface area contributed by atoms with E-state index in [9.17, 15) is 13.6 Å². The van der Waals surface area contributed by atoms with Gasteiger partial charge in [-0.15, -0.1) is 0 Å². The number of rotatable bonds is 7. The van der Waals surface area contributed by atoms with Crippen molar-refractivity contribution in [3.63, 3.8) is 0 Å². The molecule has 0 unspecified atom stereocenters. The second-order valence-electron chi connectivity index (χ2n) is 9.77. The summed E-state index contributed by atoms with van der Waals surface area (Å²) in [4.78, 5) is 18.9. The van der Waals surface area contributed by atoms with Gasteiger partial charge in [-0.3, -0.25) is 4.99 Å². The number of carbonyl (C=O) groups is 1. The van der Waals surface area contributed by atoms with Crippen LogP contribution in [0.15, 0.2) is 114 Å². The summed E-state index contributed by atoms with van der Waals surface area (Å²) < 4.78 is 33.6. The molecule has 0 aliphatic carbocycles. The zero-order valence-corrected chi connectivity index (χ0v) is 21.1. The molecular weight excluding hydrogens is 468 g/mol. The van der Waals surface area contributed by atoms with E-state index in [0.29, 0.717) is 16.8 Å². The van der Waals surface area contributed by atoms with Crippen LogP contribution in [0.3, 0.4) is 0 Å². The molecule has 0 aliphatic rings. The number of aliphatic imine (C=N–C) groups is 1. The van der Waals surface area contributed by atoms with Gasteiger partial charge in [-0.2, -0.15) is 0 Å². The molecule has 0 N–H and O–H groups in total. The monoisotopic (exact) mass is 497 g/mol. The molecule has 1 atom stereocenters. The Hall–Kier alpha value is -4.12. The van der Waals surface area contributed by atoms with E-state index in [4.69, 9.17) is 9.73 Å². The Morgan fingerprint density at radius 2 is 1.08 bits per heavy atom. The van der Waals surface area contributed by atoms with Crippen LogP contribution in [0.1, 0.15) is 48.9 Å². The number of hydrogen-bond donors (Lipinski definition) is 0. The first-order chi connectivity index (χ1) is 17.7. The minimum atomic E-state index is -1.04. The molecule has 0 heterocycles. The fourth-order valence-electron chi connectivity index (χ4n) is 4.17. The Morgan fingerprint density at radius 1 is 0.676 bits per heavy atom. The van der Waals surface area contributed by atoms with E-state index in [1.807, 2.05) is 60.7 Å². The van der Waals surface area contributed by atoms with E-state index in [0.717, 1.165) is 11.1 Å². The summed E-state index contributed by atoms with van der Waals surface area (Å²) >= 11 is 0. The highest BCUT2D eigenvalue weighted by Crippen LogP contribution is 2.33. The Labute approximate surface area is 216 Å². The third-order valence-corrected chi connectivity index (χ3v) is 5.78. The number of halogens is 2. The van der Waals surface area contributed by atoms with Gasteiger partial charge in [0.25, 0.3) is 0 Å². The predicted molar refractivity (Wildman–Crippen MR) is 143 cm³/mol. The van der Waals surface area contributed by atoms with Gasteiger partial charge in [-0.25, -0.2) is 13.6 Å².